The molecular formula is C9H9ClN2O2S. The second kappa shape index (κ2) is 3.21. The number of fused-ring (bicyclic) bond motifs is 1. The van der Waals surface area contributed by atoms with Gasteiger partial charge in [0.15, 0.2) is 5.03 Å². The van der Waals surface area contributed by atoms with Gasteiger partial charge in [-0.1, -0.05) is 6.07 Å². The van der Waals surface area contributed by atoms with Gasteiger partial charge < -0.3 is 0 Å². The van der Waals surface area contributed by atoms with Crippen molar-refractivity contribution in [2.24, 2.45) is 0 Å². The number of aryl methyl sites for hydroxylation is 2. The molecule has 0 aliphatic heterocycles. The van der Waals surface area contributed by atoms with Crippen LogP contribution < -0.4 is 0 Å². The molecule has 0 radical (unpaired) electrons. The molecule has 0 saturated carbocycles. The lowest BCUT2D eigenvalue weighted by Gasteiger charge is -2.02. The first-order valence-electron chi connectivity index (χ1n) is 4.30. The average Bonchev–Trinajstić information content (AvgIpc) is 2.41. The van der Waals surface area contributed by atoms with E-state index in [1.165, 1.54) is 4.40 Å². The fourth-order valence-electron chi connectivity index (χ4n) is 1.62. The molecule has 15 heavy (non-hydrogen) atoms. The molecule has 4 nitrogen and oxygen atoms in total. The Kier molecular flexibility index (Phi) is 2.24. The van der Waals surface area contributed by atoms with Crippen LogP contribution in [0.1, 0.15) is 11.4 Å². The second-order valence-electron chi connectivity index (χ2n) is 3.30. The Morgan fingerprint density at radius 1 is 1.33 bits per heavy atom. The highest BCUT2D eigenvalue weighted by molar-refractivity contribution is 8.13. The fourth-order valence-corrected chi connectivity index (χ4v) is 3.02. The van der Waals surface area contributed by atoms with Crippen molar-refractivity contribution in [1.82, 2.24) is 9.38 Å². The lowest BCUT2D eigenvalue weighted by molar-refractivity contribution is 0.603. The van der Waals surface area contributed by atoms with Crippen molar-refractivity contribution >= 4 is 25.4 Å². The minimum Gasteiger partial charge on any atom is -0.287 e. The van der Waals surface area contributed by atoms with Gasteiger partial charge in [-0.3, -0.25) is 4.40 Å². The van der Waals surface area contributed by atoms with Crippen LogP contribution in [0.15, 0.2) is 23.2 Å². The molecule has 80 valence electrons. The third-order valence-electron chi connectivity index (χ3n) is 2.19. The lowest BCUT2D eigenvalue weighted by Crippen LogP contribution is -2.01. The van der Waals surface area contributed by atoms with Crippen molar-refractivity contribution < 1.29 is 8.42 Å². The summed E-state index contributed by atoms with van der Waals surface area (Å²) in [5, 5.41) is 0.0530. The summed E-state index contributed by atoms with van der Waals surface area (Å²) in [7, 11) is 1.60. The fraction of sp³-hybridized carbons (Fsp3) is 0.222. The first-order valence-corrected chi connectivity index (χ1v) is 6.61. The van der Waals surface area contributed by atoms with Gasteiger partial charge in [0.25, 0.3) is 9.05 Å². The van der Waals surface area contributed by atoms with Gasteiger partial charge in [-0.25, -0.2) is 13.4 Å². The molecule has 0 bridgehead atoms. The van der Waals surface area contributed by atoms with Crippen LogP contribution in [-0.4, -0.2) is 17.8 Å². The van der Waals surface area contributed by atoms with E-state index in [1.54, 1.807) is 26.0 Å². The van der Waals surface area contributed by atoms with E-state index in [-0.39, 0.29) is 5.03 Å². The standard InChI is InChI=1S/C9H9ClN2O2S/c1-6-4-3-5-8-11-7(2)9(12(6)8)15(10,13)14/h3-5H,1-2H3. The number of pyridine rings is 1. The maximum absolute atomic E-state index is 11.4. The average molecular weight is 245 g/mol. The molecule has 0 spiro atoms. The molecule has 2 heterocycles. The van der Waals surface area contributed by atoms with E-state index >= 15 is 0 Å². The van der Waals surface area contributed by atoms with Crippen molar-refractivity contribution in [3.63, 3.8) is 0 Å². The van der Waals surface area contributed by atoms with Crippen molar-refractivity contribution in [3.05, 3.63) is 29.6 Å². The summed E-state index contributed by atoms with van der Waals surface area (Å²) in [6.45, 7) is 3.43. The van der Waals surface area contributed by atoms with Gasteiger partial charge >= 0.3 is 0 Å². The van der Waals surface area contributed by atoms with E-state index in [2.05, 4.69) is 4.98 Å². The Balaban J connectivity index is 3.02. The molecule has 0 unspecified atom stereocenters. The Labute approximate surface area is 91.9 Å². The zero-order valence-corrected chi connectivity index (χ0v) is 9.80. The molecule has 0 amide bonds. The van der Waals surface area contributed by atoms with Gasteiger partial charge in [-0.05, 0) is 26.0 Å². The van der Waals surface area contributed by atoms with Gasteiger partial charge in [0, 0.05) is 16.4 Å². The number of nitrogens with zero attached hydrogens (tertiary/aromatic N) is 2. The Hall–Kier alpha value is -1.07. The summed E-state index contributed by atoms with van der Waals surface area (Å²) in [6, 6.07) is 5.37. The van der Waals surface area contributed by atoms with E-state index in [4.69, 9.17) is 10.7 Å². The minimum atomic E-state index is -3.77. The second-order valence-corrected chi connectivity index (χ2v) is 5.78. The van der Waals surface area contributed by atoms with Crippen LogP contribution >= 0.6 is 10.7 Å². The Morgan fingerprint density at radius 2 is 2.00 bits per heavy atom. The third-order valence-corrected chi connectivity index (χ3v) is 3.57. The summed E-state index contributed by atoms with van der Waals surface area (Å²) >= 11 is 0. The molecule has 0 fully saturated rings. The van der Waals surface area contributed by atoms with Crippen LogP contribution in [0.5, 0.6) is 0 Å². The van der Waals surface area contributed by atoms with Crippen LogP contribution in [0.25, 0.3) is 5.65 Å². The number of imidazole rings is 1. The molecule has 0 aliphatic carbocycles. The Bertz CT molecular complexity index is 631. The van der Waals surface area contributed by atoms with Gasteiger partial charge in [-0.15, -0.1) is 0 Å². The Morgan fingerprint density at radius 3 is 2.60 bits per heavy atom. The van der Waals surface area contributed by atoms with Gasteiger partial charge in [0.1, 0.15) is 5.65 Å². The monoisotopic (exact) mass is 244 g/mol. The number of hydrogen-bond acceptors (Lipinski definition) is 3. The molecule has 2 rings (SSSR count). The van der Waals surface area contributed by atoms with Crippen LogP contribution in [-0.2, 0) is 9.05 Å². The molecule has 2 aromatic heterocycles. The zero-order valence-electron chi connectivity index (χ0n) is 8.23. The van der Waals surface area contributed by atoms with E-state index in [9.17, 15) is 8.42 Å². The first kappa shape index (κ1) is 10.4. The summed E-state index contributed by atoms with van der Waals surface area (Å²) in [5.74, 6) is 0. The summed E-state index contributed by atoms with van der Waals surface area (Å²) in [4.78, 5) is 4.14. The van der Waals surface area contributed by atoms with Crippen molar-refractivity contribution in [3.8, 4) is 0 Å². The molecule has 0 N–H and O–H groups in total. The largest absolute Gasteiger partial charge is 0.287 e. The summed E-state index contributed by atoms with van der Waals surface area (Å²) in [6.07, 6.45) is 0. The van der Waals surface area contributed by atoms with Crippen molar-refractivity contribution in [2.45, 2.75) is 18.9 Å². The van der Waals surface area contributed by atoms with Gasteiger partial charge in [-0.2, -0.15) is 0 Å². The highest BCUT2D eigenvalue weighted by Gasteiger charge is 2.21. The van der Waals surface area contributed by atoms with Gasteiger partial charge in [0.2, 0.25) is 0 Å². The van der Waals surface area contributed by atoms with Crippen LogP contribution in [0, 0.1) is 13.8 Å². The minimum absolute atomic E-state index is 0.0530. The lowest BCUT2D eigenvalue weighted by atomic mass is 10.4. The molecule has 0 saturated heterocycles. The van der Waals surface area contributed by atoms with Crippen LogP contribution in [0.4, 0.5) is 0 Å². The quantitative estimate of drug-likeness (QED) is 0.720. The number of hydrogen-bond donors (Lipinski definition) is 0. The van der Waals surface area contributed by atoms with Crippen molar-refractivity contribution in [1.29, 1.82) is 0 Å². The van der Waals surface area contributed by atoms with Gasteiger partial charge in [0.05, 0.1) is 5.69 Å². The first-order chi connectivity index (χ1) is 6.91. The molecule has 2 aromatic rings. The van der Waals surface area contributed by atoms with Crippen LogP contribution in [0.2, 0.25) is 0 Å². The highest BCUT2D eigenvalue weighted by atomic mass is 35.7. The predicted octanol–water partition coefficient (Wildman–Crippen LogP) is 1.88. The molecular weight excluding hydrogens is 236 g/mol. The molecule has 0 aromatic carbocycles. The molecule has 0 aliphatic rings. The molecule has 0 atom stereocenters. The van der Waals surface area contributed by atoms with Crippen molar-refractivity contribution in [2.75, 3.05) is 0 Å². The molecule has 6 heteroatoms. The smallest absolute Gasteiger partial charge is 0.279 e. The van der Waals surface area contributed by atoms with E-state index < -0.39 is 9.05 Å². The van der Waals surface area contributed by atoms with E-state index in [0.29, 0.717) is 11.3 Å². The van der Waals surface area contributed by atoms with E-state index in [1.807, 2.05) is 6.07 Å². The summed E-state index contributed by atoms with van der Waals surface area (Å²) < 4.78 is 24.3. The number of halogens is 1. The maximum atomic E-state index is 11.4. The van der Waals surface area contributed by atoms with Crippen LogP contribution in [0.3, 0.4) is 0 Å². The van der Waals surface area contributed by atoms with E-state index in [0.717, 1.165) is 5.69 Å². The topological polar surface area (TPSA) is 51.4 Å². The zero-order chi connectivity index (χ0) is 11.2. The predicted molar refractivity (Wildman–Crippen MR) is 57.7 cm³/mol. The number of rotatable bonds is 1. The third kappa shape index (κ3) is 1.61. The normalized spacial score (nSPS) is 12.2. The summed E-state index contributed by atoms with van der Waals surface area (Å²) in [5.41, 5.74) is 1.79. The highest BCUT2D eigenvalue weighted by Crippen LogP contribution is 2.22. The SMILES string of the molecule is Cc1nc2cccc(C)n2c1S(=O)(=O)Cl. The number of aromatic nitrogens is 2. The maximum Gasteiger partial charge on any atom is 0.279 e.